The van der Waals surface area contributed by atoms with Crippen molar-refractivity contribution in [1.29, 1.82) is 0 Å². The van der Waals surface area contributed by atoms with Gasteiger partial charge in [-0.25, -0.2) is 0 Å². The fraction of sp³-hybridized carbons (Fsp3) is 0.765. The Labute approximate surface area is 157 Å². The summed E-state index contributed by atoms with van der Waals surface area (Å²) in [6, 6.07) is 0. The van der Waals surface area contributed by atoms with E-state index < -0.39 is 39.9 Å². The highest BCUT2D eigenvalue weighted by Gasteiger charge is 2.65. The summed E-state index contributed by atoms with van der Waals surface area (Å²) in [6.07, 6.45) is -1.09. The minimum absolute atomic E-state index is 0.0526. The van der Waals surface area contributed by atoms with Gasteiger partial charge in [0.05, 0.1) is 13.2 Å². The van der Waals surface area contributed by atoms with Crippen LogP contribution in [0.1, 0.15) is 34.1 Å². The average Bonchev–Trinajstić information content (AvgIpc) is 2.84. The Kier molecular flexibility index (Phi) is 4.68. The van der Waals surface area contributed by atoms with Crippen LogP contribution in [0.2, 0.25) is 0 Å². The third-order valence-electron chi connectivity index (χ3n) is 4.99. The molecule has 0 aromatic carbocycles. The number of ether oxygens (including phenoxy) is 3. The second-order valence-electron chi connectivity index (χ2n) is 7.47. The van der Waals surface area contributed by atoms with Crippen LogP contribution in [-0.2, 0) is 23.8 Å². The van der Waals surface area contributed by atoms with Crippen molar-refractivity contribution in [2.45, 2.75) is 62.2 Å². The number of amides is 2. The molecular weight excluding hydrogens is 360 g/mol. The molecule has 26 heavy (non-hydrogen) atoms. The van der Waals surface area contributed by atoms with E-state index in [1.54, 1.807) is 20.8 Å². The molecule has 8 nitrogen and oxygen atoms in total. The van der Waals surface area contributed by atoms with Gasteiger partial charge in [0.1, 0.15) is 11.7 Å². The Bertz CT molecular complexity index is 655. The maximum Gasteiger partial charge on any atom is 0.278 e. The summed E-state index contributed by atoms with van der Waals surface area (Å²) in [5, 5.41) is 16.5. The van der Waals surface area contributed by atoms with Gasteiger partial charge in [-0.05, 0) is 38.5 Å². The highest BCUT2D eigenvalue weighted by molar-refractivity contribution is 8.01. The molecule has 0 aromatic heterocycles. The Morgan fingerprint density at radius 3 is 2.50 bits per heavy atom. The third-order valence-corrected chi connectivity index (χ3v) is 6.28. The molecule has 0 saturated carbocycles. The quantitative estimate of drug-likeness (QED) is 0.595. The number of thioether (sulfide) groups is 1. The number of aliphatic hydroxyl groups is 1. The van der Waals surface area contributed by atoms with Gasteiger partial charge in [-0.1, -0.05) is 13.5 Å². The van der Waals surface area contributed by atoms with Gasteiger partial charge in [0.25, 0.3) is 17.5 Å². The summed E-state index contributed by atoms with van der Waals surface area (Å²) in [4.78, 5) is 24.8. The number of nitrogens with one attached hydrogen (secondary N) is 2. The number of piperazine rings is 1. The van der Waals surface area contributed by atoms with Crippen molar-refractivity contribution in [1.82, 2.24) is 10.6 Å². The lowest BCUT2D eigenvalue weighted by Gasteiger charge is -2.51. The van der Waals surface area contributed by atoms with E-state index in [9.17, 15) is 14.7 Å². The number of carbonyl (C=O) groups is 2. The van der Waals surface area contributed by atoms with E-state index in [0.29, 0.717) is 17.7 Å². The zero-order valence-corrected chi connectivity index (χ0v) is 16.3. The minimum atomic E-state index is -1.95. The summed E-state index contributed by atoms with van der Waals surface area (Å²) >= 11 is 1.29. The highest BCUT2D eigenvalue weighted by Crippen LogP contribution is 2.42. The number of carbonyl (C=O) groups excluding carboxylic acids is 2. The largest absolute Gasteiger partial charge is 0.384 e. The molecule has 0 aliphatic carbocycles. The van der Waals surface area contributed by atoms with E-state index in [2.05, 4.69) is 17.2 Å². The number of fused-ring (bicyclic) bond motifs is 5. The van der Waals surface area contributed by atoms with Crippen LogP contribution in [-0.4, -0.2) is 64.0 Å². The molecule has 4 fully saturated rings. The lowest BCUT2D eigenvalue weighted by Crippen LogP contribution is -2.81. The number of aliphatic hydroxyl groups excluding tert-OH is 1. The van der Waals surface area contributed by atoms with Crippen molar-refractivity contribution >= 4 is 23.6 Å². The average molecular weight is 386 g/mol. The molecule has 4 saturated heterocycles. The van der Waals surface area contributed by atoms with E-state index in [-0.39, 0.29) is 13.2 Å². The van der Waals surface area contributed by atoms with Crippen LogP contribution < -0.4 is 10.6 Å². The van der Waals surface area contributed by atoms with Gasteiger partial charge in [0.2, 0.25) is 0 Å². The monoisotopic (exact) mass is 386 g/mol. The molecule has 9 heteroatoms. The molecule has 146 valence electrons. The van der Waals surface area contributed by atoms with Gasteiger partial charge in [-0.15, -0.1) is 11.8 Å². The summed E-state index contributed by atoms with van der Waals surface area (Å²) in [6.45, 7) is 11.1. The normalized spacial score (nSPS) is 40.6. The molecule has 3 N–H and O–H groups in total. The zero-order valence-electron chi connectivity index (χ0n) is 15.5. The smallest absolute Gasteiger partial charge is 0.278 e. The first-order valence-electron chi connectivity index (χ1n) is 8.65. The predicted molar refractivity (Wildman–Crippen MR) is 95.1 cm³/mol. The van der Waals surface area contributed by atoms with Crippen LogP contribution in [0, 0.1) is 0 Å². The highest BCUT2D eigenvalue weighted by atomic mass is 32.2. The molecule has 0 radical (unpaired) electrons. The lowest BCUT2D eigenvalue weighted by molar-refractivity contribution is -0.233. The first-order valence-corrected chi connectivity index (χ1v) is 9.63. The molecule has 2 amide bonds. The summed E-state index contributed by atoms with van der Waals surface area (Å²) < 4.78 is 17.1. The molecule has 4 rings (SSSR count). The van der Waals surface area contributed by atoms with E-state index >= 15 is 0 Å². The second kappa shape index (κ2) is 6.20. The van der Waals surface area contributed by atoms with E-state index in [4.69, 9.17) is 14.2 Å². The molecule has 2 bridgehead atoms. The fourth-order valence-corrected chi connectivity index (χ4v) is 4.76. The molecule has 0 aromatic rings. The van der Waals surface area contributed by atoms with Crippen molar-refractivity contribution in [2.24, 2.45) is 0 Å². The van der Waals surface area contributed by atoms with Crippen molar-refractivity contribution in [2.75, 3.05) is 19.0 Å². The number of hydrogen-bond acceptors (Lipinski definition) is 7. The number of hydrogen-bond donors (Lipinski definition) is 3. The van der Waals surface area contributed by atoms with Crippen molar-refractivity contribution < 1.29 is 28.9 Å². The van der Waals surface area contributed by atoms with Crippen LogP contribution in [0.4, 0.5) is 0 Å². The Balaban J connectivity index is 1.98. The van der Waals surface area contributed by atoms with Crippen LogP contribution in [0.15, 0.2) is 12.2 Å². The van der Waals surface area contributed by atoms with Crippen molar-refractivity contribution in [3.05, 3.63) is 12.2 Å². The van der Waals surface area contributed by atoms with E-state index in [1.807, 2.05) is 6.92 Å². The van der Waals surface area contributed by atoms with Gasteiger partial charge in [0, 0.05) is 0 Å². The second-order valence-corrected chi connectivity index (χ2v) is 8.94. The van der Waals surface area contributed by atoms with E-state index in [1.165, 1.54) is 11.8 Å². The summed E-state index contributed by atoms with van der Waals surface area (Å²) in [5.41, 5.74) is -2.62. The van der Waals surface area contributed by atoms with Crippen LogP contribution in [0.25, 0.3) is 0 Å². The standard InChI is InChI=1S/C17H26N2O6S/c1-6-26-17-10(2)7-8-23-16(12(21)19-17,18-13(17)22)11(20)15(5)9-24-14(3,4)25-15/h11,20H,2,6-9H2,1,3-5H3,(H,18,22)(H,19,21)/t11-,15-,16-,17+/m0/s1. The first kappa shape index (κ1) is 19.6. The van der Waals surface area contributed by atoms with Crippen molar-refractivity contribution in [3.8, 4) is 0 Å². The lowest BCUT2D eigenvalue weighted by atomic mass is 9.86. The molecular formula is C17H26N2O6S. The molecule has 4 heterocycles. The molecule has 4 aliphatic heterocycles. The van der Waals surface area contributed by atoms with Crippen LogP contribution in [0.3, 0.4) is 0 Å². The molecule has 0 unspecified atom stereocenters. The topological polar surface area (TPSA) is 106 Å². The van der Waals surface area contributed by atoms with Gasteiger partial charge < -0.3 is 30.0 Å². The van der Waals surface area contributed by atoms with Gasteiger partial charge in [0.15, 0.2) is 10.7 Å². The Morgan fingerprint density at radius 1 is 1.23 bits per heavy atom. The van der Waals surface area contributed by atoms with Gasteiger partial charge in [-0.3, -0.25) is 9.59 Å². The van der Waals surface area contributed by atoms with Crippen LogP contribution >= 0.6 is 11.8 Å². The minimum Gasteiger partial charge on any atom is -0.384 e. The van der Waals surface area contributed by atoms with Crippen molar-refractivity contribution in [3.63, 3.8) is 0 Å². The van der Waals surface area contributed by atoms with Crippen LogP contribution in [0.5, 0.6) is 0 Å². The third kappa shape index (κ3) is 2.77. The SMILES string of the molecule is C=C1CCO[C@]2([C@@H](O)[C@]3(C)COC(C)(C)O3)NC(=O)[C@@]1(SCC)NC2=O. The predicted octanol–water partition coefficient (Wildman–Crippen LogP) is 0.257. The van der Waals surface area contributed by atoms with Gasteiger partial charge in [-0.2, -0.15) is 0 Å². The molecule has 4 atom stereocenters. The van der Waals surface area contributed by atoms with E-state index in [0.717, 1.165) is 0 Å². The summed E-state index contributed by atoms with van der Waals surface area (Å²) in [5.74, 6) is -1.40. The summed E-state index contributed by atoms with van der Waals surface area (Å²) in [7, 11) is 0. The maximum atomic E-state index is 13.1. The first-order chi connectivity index (χ1) is 12.0. The fourth-order valence-electron chi connectivity index (χ4n) is 3.68. The number of rotatable bonds is 4. The zero-order chi connectivity index (χ0) is 19.4. The maximum absolute atomic E-state index is 13.1. The molecule has 4 aliphatic rings. The Morgan fingerprint density at radius 2 is 1.92 bits per heavy atom. The Hall–Kier alpha value is -1.13. The van der Waals surface area contributed by atoms with Gasteiger partial charge >= 0.3 is 0 Å². The molecule has 0 spiro atoms.